The molecule has 4 atom stereocenters. The fourth-order valence-electron chi connectivity index (χ4n) is 3.22. The van der Waals surface area contributed by atoms with Crippen molar-refractivity contribution in [2.24, 2.45) is 11.8 Å². The zero-order chi connectivity index (χ0) is 14.8. The van der Waals surface area contributed by atoms with Gasteiger partial charge in [0.25, 0.3) is 0 Å². The van der Waals surface area contributed by atoms with E-state index >= 15 is 0 Å². The van der Waals surface area contributed by atoms with Crippen LogP contribution in [0.3, 0.4) is 0 Å². The monoisotopic (exact) mass is 287 g/mol. The summed E-state index contributed by atoms with van der Waals surface area (Å²) in [6, 6.07) is 0.493. The van der Waals surface area contributed by atoms with Gasteiger partial charge in [-0.2, -0.15) is 0 Å². The molecule has 0 saturated heterocycles. The first-order valence-corrected chi connectivity index (χ1v) is 8.10. The SMILES string of the molecule is CCNC1CC(C)CC(C)C1OCCOCCCOC. The van der Waals surface area contributed by atoms with Gasteiger partial charge in [0.15, 0.2) is 0 Å². The summed E-state index contributed by atoms with van der Waals surface area (Å²) in [5.74, 6) is 1.41. The minimum atomic E-state index is 0.328. The molecule has 0 amide bonds. The largest absolute Gasteiger partial charge is 0.385 e. The van der Waals surface area contributed by atoms with Crippen LogP contribution in [0.1, 0.15) is 40.0 Å². The highest BCUT2D eigenvalue weighted by Crippen LogP contribution is 2.31. The molecule has 4 unspecified atom stereocenters. The number of likely N-dealkylation sites (N-methyl/N-ethyl adjacent to an activating group) is 1. The Kier molecular flexibility index (Phi) is 9.44. The Morgan fingerprint density at radius 3 is 2.55 bits per heavy atom. The molecule has 0 aromatic heterocycles. The van der Waals surface area contributed by atoms with Gasteiger partial charge in [0.2, 0.25) is 0 Å². The van der Waals surface area contributed by atoms with E-state index in [2.05, 4.69) is 26.1 Å². The van der Waals surface area contributed by atoms with Crippen molar-refractivity contribution in [2.45, 2.75) is 52.2 Å². The summed E-state index contributed by atoms with van der Waals surface area (Å²) in [6.07, 6.45) is 3.76. The second-order valence-electron chi connectivity index (χ2n) is 6.01. The number of rotatable bonds is 10. The molecule has 1 saturated carbocycles. The average Bonchev–Trinajstić information content (AvgIpc) is 2.40. The second-order valence-corrected chi connectivity index (χ2v) is 6.01. The zero-order valence-corrected chi connectivity index (χ0v) is 13.7. The molecule has 0 aromatic carbocycles. The van der Waals surface area contributed by atoms with Gasteiger partial charge in [-0.15, -0.1) is 0 Å². The van der Waals surface area contributed by atoms with Gasteiger partial charge in [-0.3, -0.25) is 0 Å². The molecule has 0 spiro atoms. The van der Waals surface area contributed by atoms with Crippen LogP contribution >= 0.6 is 0 Å². The molecule has 4 nitrogen and oxygen atoms in total. The van der Waals surface area contributed by atoms with Gasteiger partial charge in [0.05, 0.1) is 19.3 Å². The molecule has 1 fully saturated rings. The van der Waals surface area contributed by atoms with E-state index in [0.717, 1.165) is 32.1 Å². The third kappa shape index (κ3) is 6.53. The maximum atomic E-state index is 6.10. The molecule has 0 radical (unpaired) electrons. The number of hydrogen-bond donors (Lipinski definition) is 1. The Morgan fingerprint density at radius 1 is 1.05 bits per heavy atom. The Balaban J connectivity index is 2.21. The van der Waals surface area contributed by atoms with E-state index in [-0.39, 0.29) is 0 Å². The maximum absolute atomic E-state index is 6.10. The highest BCUT2D eigenvalue weighted by molar-refractivity contribution is 4.88. The maximum Gasteiger partial charge on any atom is 0.0754 e. The van der Waals surface area contributed by atoms with Crippen molar-refractivity contribution < 1.29 is 14.2 Å². The van der Waals surface area contributed by atoms with Gasteiger partial charge in [-0.1, -0.05) is 20.8 Å². The van der Waals surface area contributed by atoms with Crippen molar-refractivity contribution in [3.05, 3.63) is 0 Å². The van der Waals surface area contributed by atoms with E-state index in [1.807, 2.05) is 0 Å². The van der Waals surface area contributed by atoms with Crippen molar-refractivity contribution in [1.29, 1.82) is 0 Å². The first-order valence-electron chi connectivity index (χ1n) is 8.10. The molecular formula is C16H33NO3. The lowest BCUT2D eigenvalue weighted by Gasteiger charge is -2.39. The second kappa shape index (κ2) is 10.6. The van der Waals surface area contributed by atoms with Crippen LogP contribution in [0.25, 0.3) is 0 Å². The third-order valence-corrected chi connectivity index (χ3v) is 4.03. The molecule has 1 aliphatic rings. The molecule has 0 aliphatic heterocycles. The normalized spacial score (nSPS) is 30.6. The van der Waals surface area contributed by atoms with E-state index in [0.29, 0.717) is 31.3 Å². The zero-order valence-electron chi connectivity index (χ0n) is 13.7. The molecule has 0 aromatic rings. The van der Waals surface area contributed by atoms with Crippen LogP contribution in [-0.4, -0.2) is 52.2 Å². The molecule has 1 rings (SSSR count). The number of nitrogens with one attached hydrogen (secondary N) is 1. The van der Waals surface area contributed by atoms with Gasteiger partial charge in [-0.25, -0.2) is 0 Å². The van der Waals surface area contributed by atoms with E-state index in [9.17, 15) is 0 Å². The van der Waals surface area contributed by atoms with Crippen LogP contribution in [0.15, 0.2) is 0 Å². The first kappa shape index (κ1) is 17.9. The van der Waals surface area contributed by atoms with Crippen LogP contribution in [0.4, 0.5) is 0 Å². The quantitative estimate of drug-likeness (QED) is 0.627. The number of methoxy groups -OCH3 is 1. The van der Waals surface area contributed by atoms with E-state index < -0.39 is 0 Å². The molecular weight excluding hydrogens is 254 g/mol. The summed E-state index contributed by atoms with van der Waals surface area (Å²) < 4.78 is 16.6. The Labute approximate surface area is 124 Å². The standard InChI is InChI=1S/C16H33NO3/c1-5-17-15-12-13(2)11-14(3)16(15)20-10-9-19-8-6-7-18-4/h13-17H,5-12H2,1-4H3. The fourth-order valence-corrected chi connectivity index (χ4v) is 3.22. The Bertz CT molecular complexity index is 238. The van der Waals surface area contributed by atoms with Gasteiger partial charge in [0.1, 0.15) is 0 Å². The Hall–Kier alpha value is -0.160. The van der Waals surface area contributed by atoms with Crippen LogP contribution in [0.5, 0.6) is 0 Å². The minimum Gasteiger partial charge on any atom is -0.385 e. The summed E-state index contributed by atoms with van der Waals surface area (Å²) in [6.45, 7) is 10.7. The fraction of sp³-hybridized carbons (Fsp3) is 1.00. The van der Waals surface area contributed by atoms with Gasteiger partial charge < -0.3 is 19.5 Å². The molecule has 1 N–H and O–H groups in total. The lowest BCUT2D eigenvalue weighted by molar-refractivity contribution is -0.0583. The van der Waals surface area contributed by atoms with Gasteiger partial charge in [0, 0.05) is 26.4 Å². The minimum absolute atomic E-state index is 0.328. The van der Waals surface area contributed by atoms with Crippen LogP contribution in [0.2, 0.25) is 0 Å². The van der Waals surface area contributed by atoms with Crippen molar-refractivity contribution in [3.8, 4) is 0 Å². The number of hydrogen-bond acceptors (Lipinski definition) is 4. The summed E-state index contributed by atoms with van der Waals surface area (Å²) in [5.41, 5.74) is 0. The molecule has 20 heavy (non-hydrogen) atoms. The molecule has 0 heterocycles. The van der Waals surface area contributed by atoms with Crippen molar-refractivity contribution in [3.63, 3.8) is 0 Å². The predicted molar refractivity (Wildman–Crippen MR) is 82.1 cm³/mol. The first-order chi connectivity index (χ1) is 9.69. The summed E-state index contributed by atoms with van der Waals surface area (Å²) in [7, 11) is 1.72. The summed E-state index contributed by atoms with van der Waals surface area (Å²) in [5, 5.41) is 3.58. The highest BCUT2D eigenvalue weighted by Gasteiger charge is 2.34. The predicted octanol–water partition coefficient (Wildman–Crippen LogP) is 2.47. The molecule has 1 aliphatic carbocycles. The van der Waals surface area contributed by atoms with Crippen LogP contribution in [-0.2, 0) is 14.2 Å². The van der Waals surface area contributed by atoms with Crippen molar-refractivity contribution >= 4 is 0 Å². The van der Waals surface area contributed by atoms with Gasteiger partial charge >= 0.3 is 0 Å². The van der Waals surface area contributed by atoms with Crippen molar-refractivity contribution in [1.82, 2.24) is 5.32 Å². The molecule has 0 bridgehead atoms. The van der Waals surface area contributed by atoms with E-state index in [4.69, 9.17) is 14.2 Å². The lowest BCUT2D eigenvalue weighted by Crippen LogP contribution is -2.49. The average molecular weight is 287 g/mol. The smallest absolute Gasteiger partial charge is 0.0754 e. The summed E-state index contributed by atoms with van der Waals surface area (Å²) >= 11 is 0. The van der Waals surface area contributed by atoms with E-state index in [1.165, 1.54) is 12.8 Å². The molecule has 120 valence electrons. The van der Waals surface area contributed by atoms with Gasteiger partial charge in [-0.05, 0) is 37.6 Å². The lowest BCUT2D eigenvalue weighted by atomic mass is 9.78. The van der Waals surface area contributed by atoms with Crippen molar-refractivity contribution in [2.75, 3.05) is 40.1 Å². The Morgan fingerprint density at radius 2 is 1.85 bits per heavy atom. The van der Waals surface area contributed by atoms with Crippen LogP contribution < -0.4 is 5.32 Å². The van der Waals surface area contributed by atoms with Crippen LogP contribution in [0, 0.1) is 11.8 Å². The number of ether oxygens (including phenoxy) is 3. The highest BCUT2D eigenvalue weighted by atomic mass is 16.5. The summed E-state index contributed by atoms with van der Waals surface area (Å²) in [4.78, 5) is 0. The van der Waals surface area contributed by atoms with E-state index in [1.54, 1.807) is 7.11 Å². The molecule has 4 heteroatoms. The topological polar surface area (TPSA) is 39.7 Å². The third-order valence-electron chi connectivity index (χ3n) is 4.03.